The molecule has 3 aromatic carbocycles. The summed E-state index contributed by atoms with van der Waals surface area (Å²) in [6, 6.07) is 23.4. The number of amides is 3. The van der Waals surface area contributed by atoms with Gasteiger partial charge in [0.25, 0.3) is 5.91 Å². The average molecular weight is 398 g/mol. The SMILES string of the molecule is Cc1ccc(N2C(=O)N(CC(=O)c3ccc(-c4ccccc4)cc3)C(=O)[C@H]2C)cc1. The summed E-state index contributed by atoms with van der Waals surface area (Å²) in [5.41, 5.74) is 4.24. The summed E-state index contributed by atoms with van der Waals surface area (Å²) < 4.78 is 0. The van der Waals surface area contributed by atoms with E-state index in [-0.39, 0.29) is 18.2 Å². The van der Waals surface area contributed by atoms with Crippen LogP contribution in [0.3, 0.4) is 0 Å². The monoisotopic (exact) mass is 398 g/mol. The van der Waals surface area contributed by atoms with Crippen molar-refractivity contribution in [1.29, 1.82) is 0 Å². The molecule has 30 heavy (non-hydrogen) atoms. The van der Waals surface area contributed by atoms with Crippen LogP contribution < -0.4 is 4.90 Å². The molecule has 150 valence electrons. The predicted molar refractivity (Wildman–Crippen MR) is 116 cm³/mol. The molecule has 0 spiro atoms. The molecule has 0 aromatic heterocycles. The Morgan fingerprint density at radius 1 is 0.833 bits per heavy atom. The number of carbonyl (C=O) groups excluding carboxylic acids is 3. The number of urea groups is 1. The Morgan fingerprint density at radius 2 is 1.43 bits per heavy atom. The van der Waals surface area contributed by atoms with Gasteiger partial charge < -0.3 is 0 Å². The third-order valence-electron chi connectivity index (χ3n) is 5.38. The molecule has 1 aliphatic rings. The molecule has 0 aliphatic carbocycles. The number of Topliss-reactive ketones (excluding diaryl/α,β-unsaturated/α-hetero) is 1. The summed E-state index contributed by atoms with van der Waals surface area (Å²) in [6.45, 7) is 3.37. The summed E-state index contributed by atoms with van der Waals surface area (Å²) in [7, 11) is 0. The molecule has 0 N–H and O–H groups in total. The van der Waals surface area contributed by atoms with E-state index < -0.39 is 12.1 Å². The Labute approximate surface area is 175 Å². The fraction of sp³-hybridized carbons (Fsp3) is 0.160. The van der Waals surface area contributed by atoms with Crippen molar-refractivity contribution in [2.45, 2.75) is 19.9 Å². The Kier molecular flexibility index (Phi) is 5.19. The second-order valence-corrected chi connectivity index (χ2v) is 7.46. The Morgan fingerprint density at radius 3 is 2.07 bits per heavy atom. The fourth-order valence-corrected chi connectivity index (χ4v) is 3.62. The van der Waals surface area contributed by atoms with Crippen molar-refractivity contribution in [3.63, 3.8) is 0 Å². The lowest BCUT2D eigenvalue weighted by atomic mass is 10.0. The topological polar surface area (TPSA) is 57.7 Å². The van der Waals surface area contributed by atoms with Crippen LogP contribution in [0.5, 0.6) is 0 Å². The van der Waals surface area contributed by atoms with Gasteiger partial charge in [0.15, 0.2) is 5.78 Å². The van der Waals surface area contributed by atoms with Gasteiger partial charge in [-0.3, -0.25) is 19.4 Å². The van der Waals surface area contributed by atoms with Gasteiger partial charge in [-0.15, -0.1) is 0 Å². The lowest BCUT2D eigenvalue weighted by Gasteiger charge is -2.19. The molecule has 4 rings (SSSR count). The van der Waals surface area contributed by atoms with Gasteiger partial charge in [0.1, 0.15) is 6.04 Å². The molecule has 1 atom stereocenters. The molecular formula is C25H22N2O3. The number of imide groups is 1. The average Bonchev–Trinajstić information content (AvgIpc) is 2.98. The van der Waals surface area contributed by atoms with Crippen LogP contribution in [0.25, 0.3) is 11.1 Å². The maximum absolute atomic E-state index is 12.9. The van der Waals surface area contributed by atoms with Gasteiger partial charge in [-0.25, -0.2) is 4.79 Å². The number of hydrogen-bond donors (Lipinski definition) is 0. The first kappa shape index (κ1) is 19.6. The zero-order chi connectivity index (χ0) is 21.3. The van der Waals surface area contributed by atoms with Gasteiger partial charge in [0, 0.05) is 11.3 Å². The lowest BCUT2D eigenvalue weighted by Crippen LogP contribution is -2.37. The number of ketones is 1. The second-order valence-electron chi connectivity index (χ2n) is 7.46. The molecule has 3 amide bonds. The zero-order valence-corrected chi connectivity index (χ0v) is 16.9. The van der Waals surface area contributed by atoms with E-state index >= 15 is 0 Å². The number of aryl methyl sites for hydroxylation is 1. The van der Waals surface area contributed by atoms with Crippen LogP contribution in [0.1, 0.15) is 22.8 Å². The first-order valence-corrected chi connectivity index (χ1v) is 9.85. The molecule has 1 aliphatic heterocycles. The number of carbonyl (C=O) groups is 3. The number of anilines is 1. The van der Waals surface area contributed by atoms with Crippen LogP contribution in [-0.4, -0.2) is 35.2 Å². The molecule has 5 heteroatoms. The Hall–Kier alpha value is -3.73. The van der Waals surface area contributed by atoms with E-state index in [1.807, 2.05) is 73.7 Å². The maximum atomic E-state index is 12.9. The third-order valence-corrected chi connectivity index (χ3v) is 5.38. The molecular weight excluding hydrogens is 376 g/mol. The van der Waals surface area contributed by atoms with Gasteiger partial charge in [-0.1, -0.05) is 72.3 Å². The summed E-state index contributed by atoms with van der Waals surface area (Å²) in [5.74, 6) is -0.635. The summed E-state index contributed by atoms with van der Waals surface area (Å²) in [6.07, 6.45) is 0. The summed E-state index contributed by atoms with van der Waals surface area (Å²) in [5, 5.41) is 0. The van der Waals surface area contributed by atoms with Crippen molar-refractivity contribution in [2.75, 3.05) is 11.4 Å². The standard InChI is InChI=1S/C25H22N2O3/c1-17-8-14-22(15-9-17)27-18(2)24(29)26(25(27)30)16-23(28)21-12-10-20(11-13-21)19-6-4-3-5-7-19/h3-15,18H,16H2,1-2H3/t18-/m1/s1. The first-order chi connectivity index (χ1) is 14.5. The highest BCUT2D eigenvalue weighted by Gasteiger charge is 2.44. The van der Waals surface area contributed by atoms with Crippen molar-refractivity contribution in [3.8, 4) is 11.1 Å². The molecule has 5 nitrogen and oxygen atoms in total. The van der Waals surface area contributed by atoms with Crippen LogP contribution in [0.15, 0.2) is 78.9 Å². The highest BCUT2D eigenvalue weighted by molar-refractivity contribution is 6.16. The minimum absolute atomic E-state index is 0.269. The van der Waals surface area contributed by atoms with Crippen LogP contribution in [-0.2, 0) is 4.79 Å². The molecule has 0 bridgehead atoms. The van der Waals surface area contributed by atoms with Crippen LogP contribution in [0.2, 0.25) is 0 Å². The van der Waals surface area contributed by atoms with E-state index in [1.54, 1.807) is 19.1 Å². The minimum Gasteiger partial charge on any atom is -0.292 e. The lowest BCUT2D eigenvalue weighted by molar-refractivity contribution is -0.126. The van der Waals surface area contributed by atoms with Crippen molar-refractivity contribution in [2.24, 2.45) is 0 Å². The first-order valence-electron chi connectivity index (χ1n) is 9.85. The molecule has 0 unspecified atom stereocenters. The zero-order valence-electron chi connectivity index (χ0n) is 16.9. The highest BCUT2D eigenvalue weighted by atomic mass is 16.2. The Bertz CT molecular complexity index is 1090. The van der Waals surface area contributed by atoms with Gasteiger partial charge in [0.2, 0.25) is 0 Å². The van der Waals surface area contributed by atoms with E-state index in [0.717, 1.165) is 21.6 Å². The quantitative estimate of drug-likeness (QED) is 0.462. The van der Waals surface area contributed by atoms with Crippen LogP contribution in [0, 0.1) is 6.92 Å². The number of rotatable bonds is 5. The molecule has 1 fully saturated rings. The molecule has 0 saturated carbocycles. The predicted octanol–water partition coefficient (Wildman–Crippen LogP) is 4.70. The van der Waals surface area contributed by atoms with Crippen molar-refractivity contribution >= 4 is 23.4 Å². The van der Waals surface area contributed by atoms with E-state index in [4.69, 9.17) is 0 Å². The van der Waals surface area contributed by atoms with E-state index in [2.05, 4.69) is 0 Å². The van der Waals surface area contributed by atoms with Crippen LogP contribution >= 0.6 is 0 Å². The molecule has 3 aromatic rings. The van der Waals surface area contributed by atoms with E-state index in [0.29, 0.717) is 11.3 Å². The highest BCUT2D eigenvalue weighted by Crippen LogP contribution is 2.26. The van der Waals surface area contributed by atoms with E-state index in [1.165, 1.54) is 4.90 Å². The van der Waals surface area contributed by atoms with Gasteiger partial charge in [-0.05, 0) is 37.1 Å². The molecule has 1 saturated heterocycles. The number of benzene rings is 3. The summed E-state index contributed by atoms with van der Waals surface area (Å²) >= 11 is 0. The second kappa shape index (κ2) is 7.95. The normalized spacial score (nSPS) is 16.3. The molecule has 0 radical (unpaired) electrons. The van der Waals surface area contributed by atoms with Crippen molar-refractivity contribution in [1.82, 2.24) is 4.90 Å². The van der Waals surface area contributed by atoms with Crippen molar-refractivity contribution < 1.29 is 14.4 Å². The van der Waals surface area contributed by atoms with Crippen LogP contribution in [0.4, 0.5) is 10.5 Å². The Balaban J connectivity index is 1.51. The number of hydrogen-bond acceptors (Lipinski definition) is 3. The summed E-state index contributed by atoms with van der Waals surface area (Å²) in [4.78, 5) is 40.8. The molecule has 1 heterocycles. The van der Waals surface area contributed by atoms with E-state index in [9.17, 15) is 14.4 Å². The van der Waals surface area contributed by atoms with Crippen molar-refractivity contribution in [3.05, 3.63) is 90.0 Å². The maximum Gasteiger partial charge on any atom is 0.332 e. The largest absolute Gasteiger partial charge is 0.332 e. The van der Waals surface area contributed by atoms with Gasteiger partial charge in [0.05, 0.1) is 6.54 Å². The smallest absolute Gasteiger partial charge is 0.292 e. The third kappa shape index (κ3) is 3.62. The number of nitrogens with zero attached hydrogens (tertiary/aromatic N) is 2. The van der Waals surface area contributed by atoms with Gasteiger partial charge in [-0.2, -0.15) is 0 Å². The van der Waals surface area contributed by atoms with Gasteiger partial charge >= 0.3 is 6.03 Å². The fourth-order valence-electron chi connectivity index (χ4n) is 3.62. The minimum atomic E-state index is -0.645.